The van der Waals surface area contributed by atoms with Crippen molar-refractivity contribution in [1.82, 2.24) is 9.80 Å². The summed E-state index contributed by atoms with van der Waals surface area (Å²) in [4.78, 5) is 5.36. The van der Waals surface area contributed by atoms with Gasteiger partial charge in [-0.25, -0.2) is 0 Å². The Kier molecular flexibility index (Phi) is 5.72. The molecule has 3 heteroatoms. The predicted octanol–water partition coefficient (Wildman–Crippen LogP) is 5.27. The Morgan fingerprint density at radius 1 is 0.862 bits per heavy atom. The number of rotatable bonds is 5. The van der Waals surface area contributed by atoms with Crippen LogP contribution >= 0.6 is 0 Å². The third-order valence-corrected chi connectivity index (χ3v) is 7.17. The molecule has 0 atom stereocenters. The number of ether oxygens (including phenoxy) is 1. The van der Waals surface area contributed by atoms with Crippen LogP contribution in [-0.4, -0.2) is 42.1 Å². The van der Waals surface area contributed by atoms with Crippen molar-refractivity contribution in [3.05, 3.63) is 65.2 Å². The number of aryl methyl sites for hydroxylation is 1. The highest BCUT2D eigenvalue weighted by atomic mass is 16.5. The number of hydrogen-bond acceptors (Lipinski definition) is 3. The molecule has 0 saturated carbocycles. The van der Waals surface area contributed by atoms with Gasteiger partial charge in [0.15, 0.2) is 0 Å². The van der Waals surface area contributed by atoms with Gasteiger partial charge in [0.2, 0.25) is 0 Å². The molecule has 2 saturated heterocycles. The molecule has 2 aromatic rings. The van der Waals surface area contributed by atoms with Gasteiger partial charge in [-0.2, -0.15) is 0 Å². The van der Waals surface area contributed by atoms with Crippen LogP contribution in [0.5, 0.6) is 5.75 Å². The van der Waals surface area contributed by atoms with Crippen LogP contribution in [0.3, 0.4) is 0 Å². The first-order chi connectivity index (χ1) is 13.9. The third kappa shape index (κ3) is 4.67. The molecule has 0 N–H and O–H groups in total. The van der Waals surface area contributed by atoms with Crippen molar-refractivity contribution in [2.45, 2.75) is 58.7 Å². The second-order valence-corrected chi connectivity index (χ2v) is 9.96. The van der Waals surface area contributed by atoms with Crippen molar-refractivity contribution in [1.29, 1.82) is 0 Å². The van der Waals surface area contributed by atoms with E-state index in [2.05, 4.69) is 79.1 Å². The van der Waals surface area contributed by atoms with Gasteiger partial charge in [-0.1, -0.05) is 42.0 Å². The van der Waals surface area contributed by atoms with E-state index in [9.17, 15) is 0 Å². The van der Waals surface area contributed by atoms with Crippen molar-refractivity contribution in [3.63, 3.8) is 0 Å². The molecule has 0 aromatic heterocycles. The van der Waals surface area contributed by atoms with Gasteiger partial charge in [0.1, 0.15) is 5.75 Å². The molecule has 0 radical (unpaired) electrons. The molecule has 29 heavy (non-hydrogen) atoms. The number of piperidine rings is 1. The SMILES string of the molecule is COc1ccc(CN2CCC3(CC2)CN(Cc2ccc(C)cc2)C(C)(C)C3)cc1. The molecular weight excluding hydrogens is 356 g/mol. The zero-order valence-corrected chi connectivity index (χ0v) is 18.6. The summed E-state index contributed by atoms with van der Waals surface area (Å²) < 4.78 is 5.28. The van der Waals surface area contributed by atoms with Gasteiger partial charge in [-0.15, -0.1) is 0 Å². The number of likely N-dealkylation sites (tertiary alicyclic amines) is 2. The lowest BCUT2D eigenvalue weighted by Gasteiger charge is -2.39. The van der Waals surface area contributed by atoms with Crippen molar-refractivity contribution < 1.29 is 4.74 Å². The van der Waals surface area contributed by atoms with E-state index in [4.69, 9.17) is 4.74 Å². The Hall–Kier alpha value is -1.84. The van der Waals surface area contributed by atoms with Crippen molar-refractivity contribution in [2.24, 2.45) is 5.41 Å². The average Bonchev–Trinajstić information content (AvgIpc) is 2.95. The summed E-state index contributed by atoms with van der Waals surface area (Å²) >= 11 is 0. The lowest BCUT2D eigenvalue weighted by molar-refractivity contribution is 0.102. The lowest BCUT2D eigenvalue weighted by atomic mass is 9.74. The second kappa shape index (κ2) is 8.12. The summed E-state index contributed by atoms with van der Waals surface area (Å²) in [5.74, 6) is 0.938. The summed E-state index contributed by atoms with van der Waals surface area (Å²) in [5, 5.41) is 0. The molecule has 0 amide bonds. The van der Waals surface area contributed by atoms with E-state index in [0.29, 0.717) is 5.41 Å². The Balaban J connectivity index is 1.35. The quantitative estimate of drug-likeness (QED) is 0.689. The van der Waals surface area contributed by atoms with Crippen LogP contribution in [0, 0.1) is 12.3 Å². The Bertz CT molecular complexity index is 802. The molecule has 2 aromatic carbocycles. The maximum atomic E-state index is 5.28. The molecule has 2 aliphatic rings. The van der Waals surface area contributed by atoms with E-state index in [-0.39, 0.29) is 5.54 Å². The molecule has 4 rings (SSSR count). The summed E-state index contributed by atoms with van der Waals surface area (Å²) in [6.07, 6.45) is 3.95. The maximum Gasteiger partial charge on any atom is 0.118 e. The Morgan fingerprint density at radius 2 is 1.45 bits per heavy atom. The number of benzene rings is 2. The van der Waals surface area contributed by atoms with Gasteiger partial charge in [0, 0.05) is 25.2 Å². The standard InChI is InChI=1S/C26H36N2O/c1-21-5-7-23(8-6-21)18-28-20-26(19-25(28,2)3)13-15-27(16-14-26)17-22-9-11-24(29-4)12-10-22/h5-12H,13-20H2,1-4H3. The van der Waals surface area contributed by atoms with Gasteiger partial charge in [-0.3, -0.25) is 9.80 Å². The largest absolute Gasteiger partial charge is 0.497 e. The van der Waals surface area contributed by atoms with Gasteiger partial charge >= 0.3 is 0 Å². The number of methoxy groups -OCH3 is 1. The summed E-state index contributed by atoms with van der Waals surface area (Å²) in [5.41, 5.74) is 4.94. The third-order valence-electron chi connectivity index (χ3n) is 7.17. The average molecular weight is 393 g/mol. The molecule has 3 nitrogen and oxygen atoms in total. The van der Waals surface area contributed by atoms with E-state index in [1.165, 1.54) is 55.6 Å². The Morgan fingerprint density at radius 3 is 2.07 bits per heavy atom. The summed E-state index contributed by atoms with van der Waals surface area (Å²) in [6, 6.07) is 17.6. The normalized spacial score (nSPS) is 21.5. The highest BCUT2D eigenvalue weighted by molar-refractivity contribution is 5.27. The minimum atomic E-state index is 0.281. The van der Waals surface area contributed by atoms with Crippen molar-refractivity contribution in [2.75, 3.05) is 26.7 Å². The smallest absolute Gasteiger partial charge is 0.118 e. The van der Waals surface area contributed by atoms with Crippen LogP contribution in [0.25, 0.3) is 0 Å². The predicted molar refractivity (Wildman–Crippen MR) is 120 cm³/mol. The van der Waals surface area contributed by atoms with E-state index >= 15 is 0 Å². The van der Waals surface area contributed by atoms with E-state index in [1.54, 1.807) is 7.11 Å². The summed E-state index contributed by atoms with van der Waals surface area (Å²) in [6.45, 7) is 12.8. The first-order valence-electron chi connectivity index (χ1n) is 11.0. The van der Waals surface area contributed by atoms with Crippen LogP contribution in [0.15, 0.2) is 48.5 Å². The van der Waals surface area contributed by atoms with E-state index < -0.39 is 0 Å². The zero-order valence-electron chi connectivity index (χ0n) is 18.6. The molecule has 0 aliphatic carbocycles. The van der Waals surface area contributed by atoms with Gasteiger partial charge in [0.25, 0.3) is 0 Å². The highest BCUT2D eigenvalue weighted by Gasteiger charge is 2.49. The zero-order chi connectivity index (χ0) is 20.5. The van der Waals surface area contributed by atoms with Crippen molar-refractivity contribution >= 4 is 0 Å². The molecule has 0 bridgehead atoms. The molecular formula is C26H36N2O. The molecule has 1 spiro atoms. The van der Waals surface area contributed by atoms with E-state index in [1.807, 2.05) is 0 Å². The maximum absolute atomic E-state index is 5.28. The van der Waals surface area contributed by atoms with Gasteiger partial charge in [0.05, 0.1) is 7.11 Å². The topological polar surface area (TPSA) is 15.7 Å². The molecule has 2 fully saturated rings. The highest BCUT2D eigenvalue weighted by Crippen LogP contribution is 2.48. The number of nitrogens with zero attached hydrogens (tertiary/aromatic N) is 2. The molecule has 0 unspecified atom stereocenters. The fourth-order valence-corrected chi connectivity index (χ4v) is 5.40. The lowest BCUT2D eigenvalue weighted by Crippen LogP contribution is -2.41. The van der Waals surface area contributed by atoms with Crippen LogP contribution < -0.4 is 4.74 Å². The molecule has 156 valence electrons. The minimum absolute atomic E-state index is 0.281. The first kappa shape index (κ1) is 20.4. The Labute approximate surface area is 176 Å². The van der Waals surface area contributed by atoms with Gasteiger partial charge < -0.3 is 4.74 Å². The monoisotopic (exact) mass is 392 g/mol. The fourth-order valence-electron chi connectivity index (χ4n) is 5.40. The number of hydrogen-bond donors (Lipinski definition) is 0. The van der Waals surface area contributed by atoms with Crippen LogP contribution in [-0.2, 0) is 13.1 Å². The first-order valence-corrected chi connectivity index (χ1v) is 11.0. The second-order valence-electron chi connectivity index (χ2n) is 9.96. The van der Waals surface area contributed by atoms with Crippen LogP contribution in [0.2, 0.25) is 0 Å². The van der Waals surface area contributed by atoms with Crippen LogP contribution in [0.4, 0.5) is 0 Å². The molecule has 2 aliphatic heterocycles. The fraction of sp³-hybridized carbons (Fsp3) is 0.538. The summed E-state index contributed by atoms with van der Waals surface area (Å²) in [7, 11) is 1.73. The van der Waals surface area contributed by atoms with Crippen molar-refractivity contribution in [3.8, 4) is 5.75 Å². The molecule has 2 heterocycles. The van der Waals surface area contributed by atoms with Gasteiger partial charge in [-0.05, 0) is 81.8 Å². The van der Waals surface area contributed by atoms with E-state index in [0.717, 1.165) is 18.8 Å². The minimum Gasteiger partial charge on any atom is -0.497 e. The van der Waals surface area contributed by atoms with Crippen LogP contribution in [0.1, 0.15) is 49.8 Å².